The highest BCUT2D eigenvalue weighted by Crippen LogP contribution is 2.32. The zero-order valence-corrected chi connectivity index (χ0v) is 17.8. The maximum absolute atomic E-state index is 12.8. The van der Waals surface area contributed by atoms with Crippen LogP contribution in [0.4, 0.5) is 10.5 Å². The largest absolute Gasteiger partial charge is 0.490 e. The molecule has 1 saturated heterocycles. The number of ether oxygens (including phenoxy) is 2. The van der Waals surface area contributed by atoms with Crippen LogP contribution in [0.1, 0.15) is 37.8 Å². The molecular formula is C24H29N3O4. The number of likely N-dealkylation sites (tertiary alicyclic amines) is 1. The van der Waals surface area contributed by atoms with Crippen LogP contribution in [0.15, 0.2) is 48.5 Å². The van der Waals surface area contributed by atoms with Gasteiger partial charge in [-0.15, -0.1) is 0 Å². The first-order chi connectivity index (χ1) is 15.1. The molecule has 3 amide bonds. The average molecular weight is 424 g/mol. The van der Waals surface area contributed by atoms with Crippen LogP contribution < -0.4 is 20.1 Å². The highest BCUT2D eigenvalue weighted by atomic mass is 16.5. The molecule has 0 bridgehead atoms. The Balaban J connectivity index is 1.28. The van der Waals surface area contributed by atoms with Gasteiger partial charge in [0.2, 0.25) is 5.91 Å². The summed E-state index contributed by atoms with van der Waals surface area (Å²) in [5.74, 6) is 1.41. The number of carbonyl (C=O) groups excluding carboxylic acids is 2. The minimum absolute atomic E-state index is 0.0202. The molecular weight excluding hydrogens is 394 g/mol. The van der Waals surface area contributed by atoms with Crippen molar-refractivity contribution in [2.75, 3.05) is 31.6 Å². The maximum Gasteiger partial charge on any atom is 0.317 e. The topological polar surface area (TPSA) is 79.9 Å². The molecule has 31 heavy (non-hydrogen) atoms. The summed E-state index contributed by atoms with van der Waals surface area (Å²) in [4.78, 5) is 27.0. The van der Waals surface area contributed by atoms with E-state index in [0.717, 1.165) is 29.2 Å². The lowest BCUT2D eigenvalue weighted by atomic mass is 9.96. The molecule has 1 unspecified atom stereocenters. The number of nitrogens with one attached hydrogen (secondary N) is 2. The van der Waals surface area contributed by atoms with Crippen LogP contribution in [0.5, 0.6) is 11.5 Å². The summed E-state index contributed by atoms with van der Waals surface area (Å²) in [5, 5.41) is 6.02. The van der Waals surface area contributed by atoms with Crippen molar-refractivity contribution in [3.63, 3.8) is 0 Å². The number of amides is 3. The van der Waals surface area contributed by atoms with Gasteiger partial charge >= 0.3 is 6.03 Å². The normalized spacial score (nSPS) is 17.4. The number of nitrogens with zero attached hydrogens (tertiary/aromatic N) is 1. The summed E-state index contributed by atoms with van der Waals surface area (Å²) in [6.07, 6.45) is 2.17. The van der Waals surface area contributed by atoms with Crippen LogP contribution in [0.2, 0.25) is 0 Å². The van der Waals surface area contributed by atoms with Crippen LogP contribution in [-0.4, -0.2) is 43.1 Å². The molecule has 0 aromatic heterocycles. The predicted octanol–water partition coefficient (Wildman–Crippen LogP) is 3.97. The molecule has 164 valence electrons. The quantitative estimate of drug-likeness (QED) is 0.780. The van der Waals surface area contributed by atoms with Crippen molar-refractivity contribution < 1.29 is 19.1 Å². The average Bonchev–Trinajstić information content (AvgIpc) is 3.04. The fourth-order valence-corrected chi connectivity index (χ4v) is 3.92. The van der Waals surface area contributed by atoms with Crippen LogP contribution in [0.25, 0.3) is 0 Å². The Kier molecular flexibility index (Phi) is 6.60. The van der Waals surface area contributed by atoms with Gasteiger partial charge in [-0.25, -0.2) is 4.79 Å². The first-order valence-corrected chi connectivity index (χ1v) is 10.9. The molecule has 2 heterocycles. The standard InChI is InChI=1S/C24H29N3O4/c1-17(19-8-9-21-22(16-19)31-15-5-14-30-21)25-24(29)27-12-10-18(11-13-27)23(28)26-20-6-3-2-4-7-20/h2-4,6-9,16-18H,5,10-15H2,1H3,(H,25,29)(H,26,28). The molecule has 0 aliphatic carbocycles. The second kappa shape index (κ2) is 9.73. The van der Waals surface area contributed by atoms with E-state index < -0.39 is 0 Å². The van der Waals surface area contributed by atoms with Crippen molar-refractivity contribution in [2.24, 2.45) is 5.92 Å². The lowest BCUT2D eigenvalue weighted by Gasteiger charge is -2.32. The maximum atomic E-state index is 12.8. The number of benzene rings is 2. The Morgan fingerprint density at radius 3 is 2.45 bits per heavy atom. The summed E-state index contributed by atoms with van der Waals surface area (Å²) >= 11 is 0. The van der Waals surface area contributed by atoms with Gasteiger partial charge in [0.15, 0.2) is 11.5 Å². The van der Waals surface area contributed by atoms with Gasteiger partial charge in [-0.2, -0.15) is 0 Å². The molecule has 1 fully saturated rings. The molecule has 2 aliphatic rings. The third-order valence-corrected chi connectivity index (χ3v) is 5.81. The number of carbonyl (C=O) groups is 2. The second-order valence-corrected chi connectivity index (χ2v) is 8.04. The van der Waals surface area contributed by atoms with E-state index in [4.69, 9.17) is 9.47 Å². The molecule has 7 nitrogen and oxygen atoms in total. The molecule has 2 aromatic rings. The Labute approximate surface area is 182 Å². The minimum atomic E-state index is -0.163. The van der Waals surface area contributed by atoms with E-state index in [1.54, 1.807) is 4.90 Å². The number of hydrogen-bond donors (Lipinski definition) is 2. The van der Waals surface area contributed by atoms with Gasteiger partial charge in [0.25, 0.3) is 0 Å². The van der Waals surface area contributed by atoms with Crippen molar-refractivity contribution in [1.29, 1.82) is 0 Å². The smallest absolute Gasteiger partial charge is 0.317 e. The zero-order valence-electron chi connectivity index (χ0n) is 17.8. The molecule has 4 rings (SSSR count). The molecule has 7 heteroatoms. The highest BCUT2D eigenvalue weighted by molar-refractivity contribution is 5.92. The third-order valence-electron chi connectivity index (χ3n) is 5.81. The number of rotatable bonds is 4. The third kappa shape index (κ3) is 5.29. The van der Waals surface area contributed by atoms with Gasteiger partial charge in [-0.1, -0.05) is 24.3 Å². The summed E-state index contributed by atoms with van der Waals surface area (Å²) in [5.41, 5.74) is 1.77. The van der Waals surface area contributed by atoms with E-state index in [1.807, 2.05) is 55.5 Å². The molecule has 2 aromatic carbocycles. The zero-order chi connectivity index (χ0) is 21.6. The van der Waals surface area contributed by atoms with Crippen molar-refractivity contribution in [1.82, 2.24) is 10.2 Å². The Bertz CT molecular complexity index is 910. The number of para-hydroxylation sites is 1. The van der Waals surface area contributed by atoms with Gasteiger partial charge in [0.05, 0.1) is 19.3 Å². The Morgan fingerprint density at radius 2 is 1.71 bits per heavy atom. The summed E-state index contributed by atoms with van der Waals surface area (Å²) < 4.78 is 11.4. The van der Waals surface area contributed by atoms with E-state index in [-0.39, 0.29) is 23.9 Å². The van der Waals surface area contributed by atoms with Crippen molar-refractivity contribution in [2.45, 2.75) is 32.2 Å². The van der Waals surface area contributed by atoms with Crippen LogP contribution in [-0.2, 0) is 4.79 Å². The molecule has 1 atom stereocenters. The fraction of sp³-hybridized carbons (Fsp3) is 0.417. The predicted molar refractivity (Wildman–Crippen MR) is 118 cm³/mol. The second-order valence-electron chi connectivity index (χ2n) is 8.04. The summed E-state index contributed by atoms with van der Waals surface area (Å²) in [6, 6.07) is 15.0. The van der Waals surface area contributed by atoms with Crippen molar-refractivity contribution in [3.05, 3.63) is 54.1 Å². The first kappa shape index (κ1) is 21.0. The first-order valence-electron chi connectivity index (χ1n) is 10.9. The number of urea groups is 1. The lowest BCUT2D eigenvalue weighted by molar-refractivity contribution is -0.121. The van der Waals surface area contributed by atoms with Gasteiger partial charge in [0, 0.05) is 31.1 Å². The molecule has 0 spiro atoms. The number of piperidine rings is 1. The fourth-order valence-electron chi connectivity index (χ4n) is 3.92. The lowest BCUT2D eigenvalue weighted by Crippen LogP contribution is -2.46. The van der Waals surface area contributed by atoms with Crippen LogP contribution in [0, 0.1) is 5.92 Å². The molecule has 0 saturated carbocycles. The van der Waals surface area contributed by atoms with Gasteiger partial charge in [-0.05, 0) is 49.6 Å². The van der Waals surface area contributed by atoms with Crippen LogP contribution >= 0.6 is 0 Å². The Hall–Kier alpha value is -3.22. The van der Waals surface area contributed by atoms with E-state index in [0.29, 0.717) is 39.1 Å². The minimum Gasteiger partial charge on any atom is -0.490 e. The van der Waals surface area contributed by atoms with E-state index >= 15 is 0 Å². The van der Waals surface area contributed by atoms with Crippen molar-refractivity contribution >= 4 is 17.6 Å². The SMILES string of the molecule is CC(NC(=O)N1CCC(C(=O)Nc2ccccc2)CC1)c1ccc2c(c1)OCCCO2. The highest BCUT2D eigenvalue weighted by Gasteiger charge is 2.28. The monoisotopic (exact) mass is 423 g/mol. The molecule has 2 aliphatic heterocycles. The van der Waals surface area contributed by atoms with Gasteiger partial charge in [0.1, 0.15) is 0 Å². The van der Waals surface area contributed by atoms with Gasteiger partial charge < -0.3 is 25.0 Å². The van der Waals surface area contributed by atoms with E-state index in [9.17, 15) is 9.59 Å². The van der Waals surface area contributed by atoms with E-state index in [2.05, 4.69) is 10.6 Å². The number of fused-ring (bicyclic) bond motifs is 1. The van der Waals surface area contributed by atoms with Crippen molar-refractivity contribution in [3.8, 4) is 11.5 Å². The molecule has 2 N–H and O–H groups in total. The summed E-state index contributed by atoms with van der Waals surface area (Å²) in [7, 11) is 0. The van der Waals surface area contributed by atoms with Gasteiger partial charge in [-0.3, -0.25) is 4.79 Å². The van der Waals surface area contributed by atoms with E-state index in [1.165, 1.54) is 0 Å². The molecule has 0 radical (unpaired) electrons. The Morgan fingerprint density at radius 1 is 1.00 bits per heavy atom. The van der Waals surface area contributed by atoms with Crippen LogP contribution in [0.3, 0.4) is 0 Å². The number of hydrogen-bond acceptors (Lipinski definition) is 4. The number of anilines is 1. The summed E-state index contributed by atoms with van der Waals surface area (Å²) in [6.45, 7) is 4.36.